The van der Waals surface area contributed by atoms with Crippen LogP contribution in [0.15, 0.2) is 23.9 Å². The van der Waals surface area contributed by atoms with Gasteiger partial charge < -0.3 is 10.6 Å². The van der Waals surface area contributed by atoms with E-state index >= 15 is 0 Å². The van der Waals surface area contributed by atoms with Crippen molar-refractivity contribution in [1.29, 1.82) is 0 Å². The number of nitrogens with two attached hydrogens (primary N) is 1. The molecule has 2 heteroatoms. The molecule has 2 N–H and O–H groups in total. The zero-order valence-electron chi connectivity index (χ0n) is 8.24. The van der Waals surface area contributed by atoms with Crippen LogP contribution in [0.25, 0.3) is 0 Å². The number of allylic oxidation sites excluding steroid dienone is 4. The summed E-state index contributed by atoms with van der Waals surface area (Å²) in [6, 6.07) is 0.503. The molecule has 1 saturated heterocycles. The highest BCUT2D eigenvalue weighted by Gasteiger charge is 2.29. The minimum Gasteiger partial charge on any atom is -0.371 e. The lowest BCUT2D eigenvalue weighted by Crippen LogP contribution is -2.35. The van der Waals surface area contributed by atoms with Crippen LogP contribution < -0.4 is 5.73 Å². The summed E-state index contributed by atoms with van der Waals surface area (Å²) in [5.74, 6) is 0.777. The van der Waals surface area contributed by atoms with Crippen molar-refractivity contribution in [2.45, 2.75) is 25.8 Å². The van der Waals surface area contributed by atoms with Gasteiger partial charge in [-0.2, -0.15) is 0 Å². The van der Waals surface area contributed by atoms with Crippen molar-refractivity contribution >= 4 is 0 Å². The zero-order chi connectivity index (χ0) is 9.26. The SMILES string of the molecule is CC(CN)N1CCC2CC=CC=C21. The molecule has 0 bridgehead atoms. The standard InChI is InChI=1S/C11H18N2/c1-9(8-12)13-7-6-10-4-2-3-5-11(10)13/h2-3,5,9-10H,4,6-8,12H2,1H3. The molecule has 0 aromatic rings. The van der Waals surface area contributed by atoms with E-state index < -0.39 is 0 Å². The highest BCUT2D eigenvalue weighted by atomic mass is 15.2. The fourth-order valence-corrected chi connectivity index (χ4v) is 2.29. The molecular formula is C11H18N2. The van der Waals surface area contributed by atoms with Crippen LogP contribution in [0.2, 0.25) is 0 Å². The van der Waals surface area contributed by atoms with Gasteiger partial charge in [-0.05, 0) is 25.8 Å². The Kier molecular flexibility index (Phi) is 2.40. The van der Waals surface area contributed by atoms with Gasteiger partial charge in [-0.1, -0.05) is 12.2 Å². The molecule has 0 radical (unpaired) electrons. The third-order valence-corrected chi connectivity index (χ3v) is 3.17. The van der Waals surface area contributed by atoms with Crippen LogP contribution in [-0.2, 0) is 0 Å². The minimum atomic E-state index is 0.503. The van der Waals surface area contributed by atoms with Crippen LogP contribution >= 0.6 is 0 Å². The Hall–Kier alpha value is -0.760. The number of likely N-dealkylation sites (tertiary alicyclic amines) is 1. The Balaban J connectivity index is 2.14. The Morgan fingerprint density at radius 3 is 3.31 bits per heavy atom. The van der Waals surface area contributed by atoms with Gasteiger partial charge in [0, 0.05) is 30.7 Å². The highest BCUT2D eigenvalue weighted by Crippen LogP contribution is 2.34. The van der Waals surface area contributed by atoms with Gasteiger partial charge in [0.25, 0.3) is 0 Å². The van der Waals surface area contributed by atoms with E-state index in [4.69, 9.17) is 5.73 Å². The monoisotopic (exact) mass is 178 g/mol. The molecule has 2 rings (SSSR count). The maximum Gasteiger partial charge on any atom is 0.0381 e. The van der Waals surface area contributed by atoms with Gasteiger partial charge >= 0.3 is 0 Å². The molecule has 13 heavy (non-hydrogen) atoms. The molecule has 1 aliphatic heterocycles. The molecule has 72 valence electrons. The quantitative estimate of drug-likeness (QED) is 0.694. The molecule has 0 spiro atoms. The van der Waals surface area contributed by atoms with Crippen molar-refractivity contribution in [2.75, 3.05) is 13.1 Å². The van der Waals surface area contributed by atoms with Gasteiger partial charge in [0.15, 0.2) is 0 Å². The van der Waals surface area contributed by atoms with Crippen LogP contribution in [0.5, 0.6) is 0 Å². The lowest BCUT2D eigenvalue weighted by molar-refractivity contribution is 0.306. The van der Waals surface area contributed by atoms with Gasteiger partial charge in [-0.3, -0.25) is 0 Å². The Bertz CT molecular complexity index is 242. The largest absolute Gasteiger partial charge is 0.371 e. The van der Waals surface area contributed by atoms with Gasteiger partial charge in [-0.15, -0.1) is 0 Å². The van der Waals surface area contributed by atoms with Gasteiger partial charge in [0.1, 0.15) is 0 Å². The van der Waals surface area contributed by atoms with Gasteiger partial charge in [-0.25, -0.2) is 0 Å². The van der Waals surface area contributed by atoms with E-state index in [2.05, 4.69) is 30.1 Å². The molecule has 1 fully saturated rings. The van der Waals surface area contributed by atoms with Crippen LogP contribution in [0, 0.1) is 5.92 Å². The second kappa shape index (κ2) is 3.54. The normalized spacial score (nSPS) is 28.6. The fourth-order valence-electron chi connectivity index (χ4n) is 2.29. The van der Waals surface area contributed by atoms with E-state index in [-0.39, 0.29) is 0 Å². The summed E-state index contributed by atoms with van der Waals surface area (Å²) in [6.45, 7) is 4.16. The molecule has 0 aromatic heterocycles. The maximum absolute atomic E-state index is 5.69. The Labute approximate surface area is 80.1 Å². The zero-order valence-corrected chi connectivity index (χ0v) is 8.24. The van der Waals surface area contributed by atoms with Crippen molar-refractivity contribution in [2.24, 2.45) is 11.7 Å². The molecule has 2 atom stereocenters. The predicted octanol–water partition coefficient (Wildman–Crippen LogP) is 1.50. The van der Waals surface area contributed by atoms with Crippen molar-refractivity contribution in [1.82, 2.24) is 4.90 Å². The lowest BCUT2D eigenvalue weighted by atomic mass is 9.97. The highest BCUT2D eigenvalue weighted by molar-refractivity contribution is 5.23. The Morgan fingerprint density at radius 2 is 2.54 bits per heavy atom. The summed E-state index contributed by atoms with van der Waals surface area (Å²) in [5.41, 5.74) is 7.20. The molecule has 0 saturated carbocycles. The summed E-state index contributed by atoms with van der Waals surface area (Å²) in [7, 11) is 0. The van der Waals surface area contributed by atoms with E-state index in [1.807, 2.05) is 0 Å². The first kappa shape index (κ1) is 8.82. The van der Waals surface area contributed by atoms with E-state index in [9.17, 15) is 0 Å². The average molecular weight is 178 g/mol. The van der Waals surface area contributed by atoms with Crippen molar-refractivity contribution in [3.8, 4) is 0 Å². The molecule has 2 aliphatic rings. The second-order valence-corrected chi connectivity index (χ2v) is 4.02. The molecule has 0 amide bonds. The lowest BCUT2D eigenvalue weighted by Gasteiger charge is -2.28. The fraction of sp³-hybridized carbons (Fsp3) is 0.636. The van der Waals surface area contributed by atoms with Crippen LogP contribution in [0.4, 0.5) is 0 Å². The first-order valence-corrected chi connectivity index (χ1v) is 5.16. The van der Waals surface area contributed by atoms with E-state index in [1.165, 1.54) is 25.1 Å². The predicted molar refractivity (Wildman–Crippen MR) is 55.2 cm³/mol. The van der Waals surface area contributed by atoms with E-state index in [0.29, 0.717) is 6.04 Å². The number of rotatable bonds is 2. The molecule has 1 heterocycles. The maximum atomic E-state index is 5.69. The summed E-state index contributed by atoms with van der Waals surface area (Å²) >= 11 is 0. The second-order valence-electron chi connectivity index (χ2n) is 4.02. The molecule has 1 aliphatic carbocycles. The number of hydrogen-bond acceptors (Lipinski definition) is 2. The van der Waals surface area contributed by atoms with E-state index in [0.717, 1.165) is 12.5 Å². The minimum absolute atomic E-state index is 0.503. The van der Waals surface area contributed by atoms with E-state index in [1.54, 1.807) is 0 Å². The van der Waals surface area contributed by atoms with Crippen molar-refractivity contribution in [3.63, 3.8) is 0 Å². The summed E-state index contributed by atoms with van der Waals surface area (Å²) in [5, 5.41) is 0. The van der Waals surface area contributed by atoms with Gasteiger partial charge in [0.05, 0.1) is 0 Å². The number of fused-ring (bicyclic) bond motifs is 1. The molecule has 0 aromatic carbocycles. The van der Waals surface area contributed by atoms with Crippen molar-refractivity contribution < 1.29 is 0 Å². The van der Waals surface area contributed by atoms with Crippen LogP contribution in [0.1, 0.15) is 19.8 Å². The molecule has 2 unspecified atom stereocenters. The Morgan fingerprint density at radius 1 is 1.69 bits per heavy atom. The van der Waals surface area contributed by atoms with Crippen LogP contribution in [0.3, 0.4) is 0 Å². The van der Waals surface area contributed by atoms with Crippen molar-refractivity contribution in [3.05, 3.63) is 23.9 Å². The number of hydrogen-bond donors (Lipinski definition) is 1. The third kappa shape index (κ3) is 1.51. The summed E-state index contributed by atoms with van der Waals surface area (Å²) in [6.07, 6.45) is 9.23. The first-order chi connectivity index (χ1) is 6.33. The molecule has 2 nitrogen and oxygen atoms in total. The smallest absolute Gasteiger partial charge is 0.0381 e. The number of nitrogens with zero attached hydrogens (tertiary/aromatic N) is 1. The third-order valence-electron chi connectivity index (χ3n) is 3.17. The topological polar surface area (TPSA) is 29.3 Å². The average Bonchev–Trinajstić information content (AvgIpc) is 2.60. The van der Waals surface area contributed by atoms with Gasteiger partial charge in [0.2, 0.25) is 0 Å². The summed E-state index contributed by atoms with van der Waals surface area (Å²) in [4.78, 5) is 2.47. The first-order valence-electron chi connectivity index (χ1n) is 5.16. The van der Waals surface area contributed by atoms with Crippen LogP contribution in [-0.4, -0.2) is 24.0 Å². The molecular weight excluding hydrogens is 160 g/mol. The summed E-state index contributed by atoms with van der Waals surface area (Å²) < 4.78 is 0.